The summed E-state index contributed by atoms with van der Waals surface area (Å²) in [5.41, 5.74) is 1.58. The summed E-state index contributed by atoms with van der Waals surface area (Å²) < 4.78 is 0. The Morgan fingerprint density at radius 2 is 1.91 bits per heavy atom. The first kappa shape index (κ1) is 10.9. The third-order valence-corrected chi connectivity index (χ3v) is 2.38. The quantitative estimate of drug-likeness (QED) is 0.530. The summed E-state index contributed by atoms with van der Waals surface area (Å²) in [6.07, 6.45) is 4.88. The first-order valence-corrected chi connectivity index (χ1v) is 4.56. The molecule has 0 amide bonds. The summed E-state index contributed by atoms with van der Waals surface area (Å²) >= 11 is 0. The SMILES string of the molecule is [B]=C(C)CCCC(C)(C)CC. The van der Waals surface area contributed by atoms with Crippen LogP contribution in [0.15, 0.2) is 0 Å². The molecule has 0 saturated heterocycles. The van der Waals surface area contributed by atoms with Gasteiger partial charge in [-0.15, -0.1) is 0 Å². The van der Waals surface area contributed by atoms with E-state index in [0.29, 0.717) is 5.41 Å². The van der Waals surface area contributed by atoms with Crippen LogP contribution in [0.3, 0.4) is 0 Å². The van der Waals surface area contributed by atoms with Crippen LogP contribution < -0.4 is 0 Å². The van der Waals surface area contributed by atoms with Gasteiger partial charge in [-0.1, -0.05) is 0 Å². The number of hydrogen-bond acceptors (Lipinski definition) is 0. The predicted molar refractivity (Wildman–Crippen MR) is 54.4 cm³/mol. The van der Waals surface area contributed by atoms with E-state index in [-0.39, 0.29) is 0 Å². The van der Waals surface area contributed by atoms with Crippen molar-refractivity contribution < 1.29 is 0 Å². The van der Waals surface area contributed by atoms with Gasteiger partial charge in [-0.05, 0) is 0 Å². The minimum absolute atomic E-state index is 0.509. The van der Waals surface area contributed by atoms with E-state index < -0.39 is 0 Å². The first-order chi connectivity index (χ1) is 4.98. The van der Waals surface area contributed by atoms with Crippen LogP contribution in [0.5, 0.6) is 0 Å². The Labute approximate surface area is 72.5 Å². The summed E-state index contributed by atoms with van der Waals surface area (Å²) in [6.45, 7) is 8.88. The van der Waals surface area contributed by atoms with Gasteiger partial charge in [-0.2, -0.15) is 0 Å². The number of hydrogen-bond donors (Lipinski definition) is 0. The topological polar surface area (TPSA) is 0 Å². The summed E-state index contributed by atoms with van der Waals surface area (Å²) in [5, 5.41) is 0. The van der Waals surface area contributed by atoms with Gasteiger partial charge >= 0.3 is 71.7 Å². The van der Waals surface area contributed by atoms with Crippen molar-refractivity contribution >= 4 is 13.0 Å². The standard InChI is InChI=1S/C10H20B/c1-5-10(3,4)8-6-7-9(2)11/h5-8H2,1-4H3. The Bertz CT molecular complexity index is 125. The molecule has 0 N–H and O–H groups in total. The fraction of sp³-hybridized carbons (Fsp3) is 0.900. The van der Waals surface area contributed by atoms with Crippen molar-refractivity contribution in [2.24, 2.45) is 5.41 Å². The van der Waals surface area contributed by atoms with Gasteiger partial charge in [0.05, 0.1) is 0 Å². The van der Waals surface area contributed by atoms with Gasteiger partial charge in [0.1, 0.15) is 0 Å². The molecule has 0 saturated carbocycles. The van der Waals surface area contributed by atoms with E-state index in [1.165, 1.54) is 19.3 Å². The molecule has 0 aromatic carbocycles. The Balaban J connectivity index is 3.45. The van der Waals surface area contributed by atoms with Crippen molar-refractivity contribution in [1.29, 1.82) is 0 Å². The zero-order chi connectivity index (χ0) is 8.91. The average molecular weight is 151 g/mol. The molecule has 0 unspecified atom stereocenters. The molecule has 0 aliphatic carbocycles. The van der Waals surface area contributed by atoms with Gasteiger partial charge in [-0.25, -0.2) is 0 Å². The predicted octanol–water partition coefficient (Wildman–Crippen LogP) is 2.95. The van der Waals surface area contributed by atoms with Crippen LogP contribution in [0.25, 0.3) is 0 Å². The molecule has 0 bridgehead atoms. The van der Waals surface area contributed by atoms with E-state index >= 15 is 0 Å². The molecule has 0 nitrogen and oxygen atoms in total. The van der Waals surface area contributed by atoms with Crippen LogP contribution in [0.1, 0.15) is 53.4 Å². The van der Waals surface area contributed by atoms with Gasteiger partial charge in [0.2, 0.25) is 0 Å². The van der Waals surface area contributed by atoms with Crippen molar-refractivity contribution in [2.75, 3.05) is 0 Å². The molecule has 0 aromatic heterocycles. The maximum absolute atomic E-state index is 5.58. The van der Waals surface area contributed by atoms with Crippen molar-refractivity contribution in [3.8, 4) is 0 Å². The van der Waals surface area contributed by atoms with E-state index in [1.54, 1.807) is 0 Å². The maximum atomic E-state index is 5.58. The molecule has 11 heavy (non-hydrogen) atoms. The molecule has 0 atom stereocenters. The minimum atomic E-state index is 0.509. The van der Waals surface area contributed by atoms with Crippen LogP contribution in [-0.4, -0.2) is 13.0 Å². The van der Waals surface area contributed by atoms with E-state index in [1.807, 2.05) is 6.92 Å². The zero-order valence-electron chi connectivity index (χ0n) is 8.41. The van der Waals surface area contributed by atoms with Crippen molar-refractivity contribution in [3.63, 3.8) is 0 Å². The third kappa shape index (κ3) is 6.34. The Kier molecular flexibility index (Phi) is 4.71. The summed E-state index contributed by atoms with van der Waals surface area (Å²) in [4.78, 5) is 0. The molecule has 0 aliphatic heterocycles. The Hall–Kier alpha value is -0.0651. The van der Waals surface area contributed by atoms with E-state index in [9.17, 15) is 0 Å². The van der Waals surface area contributed by atoms with Gasteiger partial charge < -0.3 is 0 Å². The van der Waals surface area contributed by atoms with E-state index in [0.717, 1.165) is 11.9 Å². The molecule has 63 valence electrons. The van der Waals surface area contributed by atoms with Crippen LogP contribution in [0.2, 0.25) is 0 Å². The van der Waals surface area contributed by atoms with Crippen molar-refractivity contribution in [2.45, 2.75) is 53.4 Å². The molecule has 0 heterocycles. The van der Waals surface area contributed by atoms with Crippen LogP contribution in [0.4, 0.5) is 0 Å². The van der Waals surface area contributed by atoms with Gasteiger partial charge in [0.15, 0.2) is 0 Å². The fourth-order valence-electron chi connectivity index (χ4n) is 1.02. The second-order valence-corrected chi connectivity index (χ2v) is 4.22. The van der Waals surface area contributed by atoms with Gasteiger partial charge in [0.25, 0.3) is 0 Å². The van der Waals surface area contributed by atoms with Crippen LogP contribution in [-0.2, 0) is 0 Å². The average Bonchev–Trinajstić information content (AvgIpc) is 1.87. The molecule has 1 radical (unpaired) electrons. The van der Waals surface area contributed by atoms with E-state index in [2.05, 4.69) is 20.8 Å². The second-order valence-electron chi connectivity index (χ2n) is 4.22. The van der Waals surface area contributed by atoms with Crippen LogP contribution >= 0.6 is 0 Å². The van der Waals surface area contributed by atoms with Crippen molar-refractivity contribution in [3.05, 3.63) is 0 Å². The molecule has 0 aromatic rings. The Morgan fingerprint density at radius 3 is 2.27 bits per heavy atom. The third-order valence-electron chi connectivity index (χ3n) is 2.38. The first-order valence-electron chi connectivity index (χ1n) is 4.56. The summed E-state index contributed by atoms with van der Waals surface area (Å²) in [6, 6.07) is 0. The monoisotopic (exact) mass is 151 g/mol. The normalized spacial score (nSPS) is 11.5. The molecule has 0 spiro atoms. The van der Waals surface area contributed by atoms with Gasteiger partial charge in [0, 0.05) is 0 Å². The van der Waals surface area contributed by atoms with Crippen molar-refractivity contribution in [1.82, 2.24) is 0 Å². The number of rotatable bonds is 5. The Morgan fingerprint density at radius 1 is 1.36 bits per heavy atom. The van der Waals surface area contributed by atoms with Crippen LogP contribution in [0, 0.1) is 5.41 Å². The molecular weight excluding hydrogens is 131 g/mol. The molecule has 1 heteroatoms. The fourth-order valence-corrected chi connectivity index (χ4v) is 1.02. The molecule has 0 rings (SSSR count). The summed E-state index contributed by atoms with van der Waals surface area (Å²) in [5.74, 6) is 0. The zero-order valence-corrected chi connectivity index (χ0v) is 8.41. The second kappa shape index (κ2) is 4.74. The van der Waals surface area contributed by atoms with Gasteiger partial charge in [-0.3, -0.25) is 0 Å². The molecular formula is C10H20B. The molecule has 0 fully saturated rings. The summed E-state index contributed by atoms with van der Waals surface area (Å²) in [7, 11) is 5.58. The molecule has 0 aliphatic rings. The van der Waals surface area contributed by atoms with E-state index in [4.69, 9.17) is 7.49 Å².